The van der Waals surface area contributed by atoms with Crippen LogP contribution in [0.1, 0.15) is 5.56 Å². The van der Waals surface area contributed by atoms with Crippen LogP contribution in [-0.4, -0.2) is 24.0 Å². The third-order valence-electron chi connectivity index (χ3n) is 3.20. The molecule has 0 fully saturated rings. The van der Waals surface area contributed by atoms with Crippen LogP contribution in [0.15, 0.2) is 60.2 Å². The molecule has 0 heterocycles. The van der Waals surface area contributed by atoms with Crippen molar-refractivity contribution in [3.05, 3.63) is 75.8 Å². The van der Waals surface area contributed by atoms with Crippen molar-refractivity contribution >= 4 is 17.7 Å². The smallest absolute Gasteiger partial charge is 0.276 e. The lowest BCUT2D eigenvalue weighted by Crippen LogP contribution is -2.29. The maximum atomic E-state index is 12.0. The normalized spacial score (nSPS) is 10.6. The van der Waals surface area contributed by atoms with Gasteiger partial charge in [0.2, 0.25) is 0 Å². The Morgan fingerprint density at radius 3 is 2.56 bits per heavy atom. The van der Waals surface area contributed by atoms with Crippen LogP contribution in [0.4, 0.5) is 5.69 Å². The van der Waals surface area contributed by atoms with Crippen molar-refractivity contribution < 1.29 is 14.5 Å². The highest BCUT2D eigenvalue weighted by Crippen LogP contribution is 2.20. The highest BCUT2D eigenvalue weighted by atomic mass is 16.6. The second kappa shape index (κ2) is 8.84. The number of carbonyl (C=O) groups is 1. The molecule has 0 atom stereocenters. The Labute approximate surface area is 144 Å². The minimum Gasteiger partial charge on any atom is -0.492 e. The van der Waals surface area contributed by atoms with E-state index in [-0.39, 0.29) is 30.0 Å². The topological polar surface area (TPSA) is 105 Å². The van der Waals surface area contributed by atoms with E-state index in [1.165, 1.54) is 24.3 Å². The summed E-state index contributed by atoms with van der Waals surface area (Å²) < 4.78 is 5.43. The summed E-state index contributed by atoms with van der Waals surface area (Å²) in [5, 5.41) is 22.7. The molecule has 7 nitrogen and oxygen atoms in total. The van der Waals surface area contributed by atoms with Gasteiger partial charge in [-0.25, -0.2) is 0 Å². The van der Waals surface area contributed by atoms with Crippen LogP contribution >= 0.6 is 0 Å². The number of hydrogen-bond donors (Lipinski definition) is 1. The van der Waals surface area contributed by atoms with Gasteiger partial charge in [0.1, 0.15) is 24.0 Å². The second-order valence-corrected chi connectivity index (χ2v) is 4.90. The molecule has 0 aliphatic heterocycles. The Morgan fingerprint density at radius 2 is 1.88 bits per heavy atom. The lowest BCUT2D eigenvalue weighted by molar-refractivity contribution is -0.385. The standard InChI is InChI=1S/C18H15N3O4/c19-13-15(12-14-6-4-5-9-17(14)21(23)24)18(22)20-10-11-25-16-7-2-1-3-8-16/h1-9,12H,10-11H2,(H,20,22). The number of ether oxygens (including phenoxy) is 1. The molecule has 126 valence electrons. The van der Waals surface area contributed by atoms with Crippen molar-refractivity contribution in [2.24, 2.45) is 0 Å². The fourth-order valence-corrected chi connectivity index (χ4v) is 2.03. The molecule has 0 aliphatic rings. The van der Waals surface area contributed by atoms with E-state index in [4.69, 9.17) is 10.00 Å². The molecule has 0 aliphatic carbocycles. The predicted molar refractivity (Wildman–Crippen MR) is 91.6 cm³/mol. The van der Waals surface area contributed by atoms with Gasteiger partial charge in [0.05, 0.1) is 17.0 Å². The lowest BCUT2D eigenvalue weighted by Gasteiger charge is -2.07. The predicted octanol–water partition coefficient (Wildman–Crippen LogP) is 2.70. The number of carbonyl (C=O) groups excluding carboxylic acids is 1. The molecular weight excluding hydrogens is 322 g/mol. The average molecular weight is 337 g/mol. The van der Waals surface area contributed by atoms with E-state index in [1.807, 2.05) is 18.2 Å². The molecule has 7 heteroatoms. The number of nitrogens with one attached hydrogen (secondary N) is 1. The maximum Gasteiger partial charge on any atom is 0.276 e. The first-order valence-corrected chi connectivity index (χ1v) is 7.43. The van der Waals surface area contributed by atoms with Crippen molar-refractivity contribution in [2.75, 3.05) is 13.2 Å². The van der Waals surface area contributed by atoms with Crippen molar-refractivity contribution in [2.45, 2.75) is 0 Å². The number of hydrogen-bond acceptors (Lipinski definition) is 5. The summed E-state index contributed by atoms with van der Waals surface area (Å²) in [7, 11) is 0. The quantitative estimate of drug-likeness (QED) is 0.275. The number of nitro groups is 1. The van der Waals surface area contributed by atoms with Gasteiger partial charge in [-0.15, -0.1) is 0 Å². The van der Waals surface area contributed by atoms with Gasteiger partial charge in [-0.3, -0.25) is 14.9 Å². The van der Waals surface area contributed by atoms with Crippen LogP contribution in [0, 0.1) is 21.4 Å². The second-order valence-electron chi connectivity index (χ2n) is 4.90. The number of amides is 1. The summed E-state index contributed by atoms with van der Waals surface area (Å²) in [6, 6.07) is 16.8. The summed E-state index contributed by atoms with van der Waals surface area (Å²) >= 11 is 0. The third-order valence-corrected chi connectivity index (χ3v) is 3.20. The zero-order chi connectivity index (χ0) is 18.1. The zero-order valence-electron chi connectivity index (χ0n) is 13.2. The van der Waals surface area contributed by atoms with E-state index in [2.05, 4.69) is 5.32 Å². The highest BCUT2D eigenvalue weighted by molar-refractivity contribution is 6.02. The Morgan fingerprint density at radius 1 is 1.20 bits per heavy atom. The first-order valence-electron chi connectivity index (χ1n) is 7.43. The number of nitro benzene ring substituents is 1. The summed E-state index contributed by atoms with van der Waals surface area (Å²) in [6.07, 6.45) is 1.20. The molecule has 0 spiro atoms. The van der Waals surface area contributed by atoms with Gasteiger partial charge in [0.15, 0.2) is 0 Å². The summed E-state index contributed by atoms with van der Waals surface area (Å²) in [5.41, 5.74) is -0.191. The molecule has 0 aromatic heterocycles. The van der Waals surface area contributed by atoms with Crippen LogP contribution in [0.5, 0.6) is 5.75 Å². The van der Waals surface area contributed by atoms with E-state index in [1.54, 1.807) is 24.3 Å². The molecule has 0 radical (unpaired) electrons. The van der Waals surface area contributed by atoms with Gasteiger partial charge < -0.3 is 10.1 Å². The number of nitrogens with zero attached hydrogens (tertiary/aromatic N) is 2. The van der Waals surface area contributed by atoms with Crippen molar-refractivity contribution in [3.8, 4) is 11.8 Å². The number of nitriles is 1. The van der Waals surface area contributed by atoms with E-state index in [0.29, 0.717) is 5.75 Å². The molecule has 0 saturated heterocycles. The molecule has 25 heavy (non-hydrogen) atoms. The first-order chi connectivity index (χ1) is 12.1. The van der Waals surface area contributed by atoms with Crippen molar-refractivity contribution in [1.82, 2.24) is 5.32 Å². The van der Waals surface area contributed by atoms with Gasteiger partial charge in [-0.2, -0.15) is 5.26 Å². The van der Waals surface area contributed by atoms with E-state index in [9.17, 15) is 14.9 Å². The van der Waals surface area contributed by atoms with Crippen LogP contribution in [0.25, 0.3) is 6.08 Å². The van der Waals surface area contributed by atoms with Crippen LogP contribution in [0.2, 0.25) is 0 Å². The molecule has 1 amide bonds. The molecular formula is C18H15N3O4. The third kappa shape index (κ3) is 5.18. The summed E-state index contributed by atoms with van der Waals surface area (Å²) in [5.74, 6) is 0.0602. The largest absolute Gasteiger partial charge is 0.492 e. The van der Waals surface area contributed by atoms with Crippen molar-refractivity contribution in [1.29, 1.82) is 5.26 Å². The van der Waals surface area contributed by atoms with Gasteiger partial charge in [0.25, 0.3) is 11.6 Å². The first kappa shape index (κ1) is 17.7. The van der Waals surface area contributed by atoms with Crippen molar-refractivity contribution in [3.63, 3.8) is 0 Å². The SMILES string of the molecule is N#CC(=Cc1ccccc1[N+](=O)[O-])C(=O)NCCOc1ccccc1. The number of rotatable bonds is 7. The summed E-state index contributed by atoms with van der Waals surface area (Å²) in [6.45, 7) is 0.434. The summed E-state index contributed by atoms with van der Waals surface area (Å²) in [4.78, 5) is 22.5. The van der Waals surface area contributed by atoms with Crippen LogP contribution < -0.4 is 10.1 Å². The van der Waals surface area contributed by atoms with E-state index < -0.39 is 10.8 Å². The van der Waals surface area contributed by atoms with Gasteiger partial charge in [-0.1, -0.05) is 30.3 Å². The molecule has 0 unspecified atom stereocenters. The monoisotopic (exact) mass is 337 g/mol. The van der Waals surface area contributed by atoms with Crippen LogP contribution in [-0.2, 0) is 4.79 Å². The molecule has 0 bridgehead atoms. The molecule has 0 saturated carbocycles. The van der Waals surface area contributed by atoms with Gasteiger partial charge in [0, 0.05) is 6.07 Å². The number of benzene rings is 2. The Bertz CT molecular complexity index is 826. The van der Waals surface area contributed by atoms with Gasteiger partial charge >= 0.3 is 0 Å². The lowest BCUT2D eigenvalue weighted by atomic mass is 10.1. The molecule has 2 aromatic rings. The van der Waals surface area contributed by atoms with E-state index in [0.717, 1.165) is 0 Å². The highest BCUT2D eigenvalue weighted by Gasteiger charge is 2.14. The van der Waals surface area contributed by atoms with Gasteiger partial charge in [-0.05, 0) is 24.3 Å². The minimum absolute atomic E-state index is 0.171. The Hall–Kier alpha value is -3.66. The fraction of sp³-hybridized carbons (Fsp3) is 0.111. The fourth-order valence-electron chi connectivity index (χ4n) is 2.03. The average Bonchev–Trinajstić information content (AvgIpc) is 2.64. The molecule has 1 N–H and O–H groups in total. The molecule has 2 rings (SSSR count). The minimum atomic E-state index is -0.614. The molecule has 2 aromatic carbocycles. The Balaban J connectivity index is 1.97. The maximum absolute atomic E-state index is 12.0. The number of para-hydroxylation sites is 2. The van der Waals surface area contributed by atoms with Crippen LogP contribution in [0.3, 0.4) is 0 Å². The Kier molecular flexibility index (Phi) is 6.25. The zero-order valence-corrected chi connectivity index (χ0v) is 13.2. The van der Waals surface area contributed by atoms with E-state index >= 15 is 0 Å².